The first-order chi connectivity index (χ1) is 10.1. The fraction of sp³-hybridized carbons (Fsp3) is 0.143. The molecule has 2 rings (SSSR count). The minimum absolute atomic E-state index is 0.0113. The van der Waals surface area contributed by atoms with Gasteiger partial charge in [-0.05, 0) is 31.2 Å². The Labute approximate surface area is 126 Å². The van der Waals surface area contributed by atoms with Gasteiger partial charge in [0.15, 0.2) is 0 Å². The number of rotatable bonds is 4. The zero-order valence-electron chi connectivity index (χ0n) is 11.3. The third-order valence-electron chi connectivity index (χ3n) is 2.90. The van der Waals surface area contributed by atoms with Crippen molar-refractivity contribution in [3.63, 3.8) is 0 Å². The first kappa shape index (κ1) is 15.2. The zero-order valence-corrected chi connectivity index (χ0v) is 12.1. The van der Waals surface area contributed by atoms with Crippen molar-refractivity contribution in [2.45, 2.75) is 6.92 Å². The Kier molecular flexibility index (Phi) is 4.72. The molecule has 3 N–H and O–H groups in total. The van der Waals surface area contributed by atoms with E-state index in [2.05, 4.69) is 10.4 Å². The molecule has 1 amide bonds. The average Bonchev–Trinajstić information content (AvgIpc) is 2.50. The van der Waals surface area contributed by atoms with Crippen molar-refractivity contribution in [3.8, 4) is 0 Å². The van der Waals surface area contributed by atoms with Crippen LogP contribution in [0.25, 0.3) is 0 Å². The van der Waals surface area contributed by atoms with Gasteiger partial charge < -0.3 is 10.3 Å². The van der Waals surface area contributed by atoms with E-state index in [1.165, 1.54) is 23.1 Å². The number of hydrogen-bond donors (Lipinski definition) is 2. The summed E-state index contributed by atoms with van der Waals surface area (Å²) in [5, 5.41) is 0.175. The molecule has 0 radical (unpaired) electrons. The number of pyridine rings is 1. The molecule has 1 aromatic carbocycles. The highest BCUT2D eigenvalue weighted by atomic mass is 35.5. The van der Waals surface area contributed by atoms with E-state index in [4.69, 9.17) is 17.4 Å². The van der Waals surface area contributed by atoms with Gasteiger partial charge in [0, 0.05) is 6.54 Å². The minimum Gasteiger partial charge on any atom is -0.308 e. The number of nitrogens with one attached hydrogen (secondary N) is 1. The zero-order chi connectivity index (χ0) is 15.4. The Balaban J connectivity index is 2.44. The molecule has 0 saturated heterocycles. The Morgan fingerprint density at radius 1 is 1.38 bits per heavy atom. The topological polar surface area (TPSA) is 71.2 Å². The molecule has 110 valence electrons. The number of anilines is 2. The van der Waals surface area contributed by atoms with Crippen molar-refractivity contribution in [2.75, 3.05) is 16.9 Å². The maximum atomic E-state index is 13.9. The first-order valence-electron chi connectivity index (χ1n) is 6.28. The van der Waals surface area contributed by atoms with Crippen LogP contribution in [0, 0.1) is 5.82 Å². The van der Waals surface area contributed by atoms with E-state index in [1.807, 2.05) is 0 Å². The number of carbonyl (C=O) groups excluding carboxylic acids is 1. The van der Waals surface area contributed by atoms with Crippen LogP contribution in [0.4, 0.5) is 15.9 Å². The van der Waals surface area contributed by atoms with Gasteiger partial charge in [-0.1, -0.05) is 23.7 Å². The fourth-order valence-corrected chi connectivity index (χ4v) is 2.08. The molecule has 0 atom stereocenters. The number of para-hydroxylation sites is 1. The lowest BCUT2D eigenvalue weighted by Crippen LogP contribution is -2.32. The first-order valence-corrected chi connectivity index (χ1v) is 6.65. The molecule has 0 aliphatic heterocycles. The van der Waals surface area contributed by atoms with Crippen molar-refractivity contribution in [3.05, 3.63) is 52.9 Å². The number of carbonyl (C=O) groups is 1. The Bertz CT molecular complexity index is 665. The molecule has 7 heteroatoms. The molecule has 21 heavy (non-hydrogen) atoms. The van der Waals surface area contributed by atoms with Crippen molar-refractivity contribution < 1.29 is 9.18 Å². The second kappa shape index (κ2) is 6.51. The number of nitrogen functional groups attached to an aromatic ring is 1. The normalized spacial score (nSPS) is 10.3. The van der Waals surface area contributed by atoms with E-state index < -0.39 is 11.7 Å². The van der Waals surface area contributed by atoms with Gasteiger partial charge in [0.25, 0.3) is 5.91 Å². The van der Waals surface area contributed by atoms with E-state index >= 15 is 0 Å². The number of aromatic nitrogens is 1. The number of nitrogens with zero attached hydrogens (tertiary/aromatic N) is 2. The summed E-state index contributed by atoms with van der Waals surface area (Å²) in [6.45, 7) is 2.02. The van der Waals surface area contributed by atoms with Gasteiger partial charge >= 0.3 is 0 Å². The van der Waals surface area contributed by atoms with Crippen LogP contribution in [0.1, 0.15) is 17.4 Å². The van der Waals surface area contributed by atoms with Gasteiger partial charge in [0.05, 0.1) is 10.7 Å². The van der Waals surface area contributed by atoms with Gasteiger partial charge in [-0.2, -0.15) is 0 Å². The highest BCUT2D eigenvalue weighted by Crippen LogP contribution is 2.24. The lowest BCUT2D eigenvalue weighted by Gasteiger charge is -2.21. The maximum Gasteiger partial charge on any atom is 0.278 e. The van der Waals surface area contributed by atoms with Crippen LogP contribution >= 0.6 is 11.6 Å². The molecule has 0 saturated carbocycles. The molecule has 0 aliphatic carbocycles. The molecule has 5 nitrogen and oxygen atoms in total. The van der Waals surface area contributed by atoms with Crippen molar-refractivity contribution in [2.24, 2.45) is 5.84 Å². The molecule has 0 unspecified atom stereocenters. The summed E-state index contributed by atoms with van der Waals surface area (Å²) in [5.41, 5.74) is 2.53. The number of amides is 1. The standard InChI is InChI=1S/C14H14ClFN4O/c1-2-20(11-6-4-3-5-10(11)16)14(21)13-9(15)7-8-12(18-13)19-17/h3-8H,2,17H2,1H3,(H,18,19). The number of hydrogen-bond acceptors (Lipinski definition) is 4. The van der Waals surface area contributed by atoms with E-state index in [0.717, 1.165) is 0 Å². The SMILES string of the molecule is CCN(C(=O)c1nc(NN)ccc1Cl)c1ccccc1F. The van der Waals surface area contributed by atoms with E-state index in [-0.39, 0.29) is 22.9 Å². The molecule has 0 spiro atoms. The minimum atomic E-state index is -0.496. The number of benzene rings is 1. The molecular weight excluding hydrogens is 295 g/mol. The van der Waals surface area contributed by atoms with Gasteiger partial charge in [0.2, 0.25) is 0 Å². The van der Waals surface area contributed by atoms with Gasteiger partial charge in [0.1, 0.15) is 17.3 Å². The van der Waals surface area contributed by atoms with Crippen LogP contribution in [0.3, 0.4) is 0 Å². The van der Waals surface area contributed by atoms with Crippen LogP contribution in [0.2, 0.25) is 5.02 Å². The summed E-state index contributed by atoms with van der Waals surface area (Å²) < 4.78 is 13.9. The van der Waals surface area contributed by atoms with Crippen LogP contribution in [-0.4, -0.2) is 17.4 Å². The van der Waals surface area contributed by atoms with Gasteiger partial charge in [-0.3, -0.25) is 4.79 Å². The predicted molar refractivity (Wildman–Crippen MR) is 80.8 cm³/mol. The largest absolute Gasteiger partial charge is 0.308 e. The fourth-order valence-electron chi connectivity index (χ4n) is 1.89. The number of halogens is 2. The molecule has 1 heterocycles. The predicted octanol–water partition coefficient (Wildman–Crippen LogP) is 2.83. The summed E-state index contributed by atoms with van der Waals surface area (Å²) in [6, 6.07) is 9.07. The maximum absolute atomic E-state index is 13.9. The second-order valence-electron chi connectivity index (χ2n) is 4.17. The lowest BCUT2D eigenvalue weighted by molar-refractivity contribution is 0.0983. The lowest BCUT2D eigenvalue weighted by atomic mass is 10.2. The van der Waals surface area contributed by atoms with Gasteiger partial charge in [-0.15, -0.1) is 0 Å². The summed E-state index contributed by atoms with van der Waals surface area (Å²) in [6.07, 6.45) is 0. The smallest absolute Gasteiger partial charge is 0.278 e. The monoisotopic (exact) mass is 308 g/mol. The summed E-state index contributed by atoms with van der Waals surface area (Å²) in [7, 11) is 0. The van der Waals surface area contributed by atoms with E-state index in [9.17, 15) is 9.18 Å². The van der Waals surface area contributed by atoms with Crippen LogP contribution in [-0.2, 0) is 0 Å². The molecule has 0 fully saturated rings. The van der Waals surface area contributed by atoms with Crippen LogP contribution < -0.4 is 16.2 Å². The Hall–Kier alpha value is -2.18. The van der Waals surface area contributed by atoms with E-state index in [0.29, 0.717) is 5.82 Å². The Morgan fingerprint density at radius 2 is 2.10 bits per heavy atom. The van der Waals surface area contributed by atoms with Crippen molar-refractivity contribution >= 4 is 29.0 Å². The number of nitrogens with two attached hydrogens (primary N) is 1. The third kappa shape index (κ3) is 3.12. The van der Waals surface area contributed by atoms with Crippen LogP contribution in [0.5, 0.6) is 0 Å². The summed E-state index contributed by atoms with van der Waals surface area (Å²) in [4.78, 5) is 17.9. The molecule has 2 aromatic rings. The van der Waals surface area contributed by atoms with Crippen molar-refractivity contribution in [1.82, 2.24) is 4.98 Å². The molecule has 0 bridgehead atoms. The van der Waals surface area contributed by atoms with Crippen LogP contribution in [0.15, 0.2) is 36.4 Å². The average molecular weight is 309 g/mol. The molecule has 1 aromatic heterocycles. The van der Waals surface area contributed by atoms with E-state index in [1.54, 1.807) is 25.1 Å². The molecular formula is C14H14ClFN4O. The highest BCUT2D eigenvalue weighted by Gasteiger charge is 2.22. The summed E-state index contributed by atoms with van der Waals surface area (Å²) >= 11 is 6.00. The third-order valence-corrected chi connectivity index (χ3v) is 3.21. The van der Waals surface area contributed by atoms with Crippen molar-refractivity contribution in [1.29, 1.82) is 0 Å². The highest BCUT2D eigenvalue weighted by molar-refractivity contribution is 6.34. The quantitative estimate of drug-likeness (QED) is 0.673. The number of hydrazine groups is 1. The molecule has 0 aliphatic rings. The summed E-state index contributed by atoms with van der Waals surface area (Å²) in [5.74, 6) is 4.59. The van der Waals surface area contributed by atoms with Gasteiger partial charge in [-0.25, -0.2) is 15.2 Å². The second-order valence-corrected chi connectivity index (χ2v) is 4.58. The Morgan fingerprint density at radius 3 is 2.71 bits per heavy atom.